The molecule has 5 heteroatoms. The third kappa shape index (κ3) is 3.45. The SMILES string of the molecule is Fc1cc(CCl)ccc1OCC(F)(F)c1ccccc1. The molecule has 0 aliphatic heterocycles. The van der Waals surface area contributed by atoms with Crippen LogP contribution in [0.5, 0.6) is 5.75 Å². The first-order valence-electron chi connectivity index (χ1n) is 5.93. The molecule has 0 spiro atoms. The predicted molar refractivity (Wildman–Crippen MR) is 71.8 cm³/mol. The summed E-state index contributed by atoms with van der Waals surface area (Å²) in [6.45, 7) is -0.922. The molecule has 0 fully saturated rings. The highest BCUT2D eigenvalue weighted by molar-refractivity contribution is 6.17. The highest BCUT2D eigenvalue weighted by Crippen LogP contribution is 2.29. The molecule has 1 nitrogen and oxygen atoms in total. The third-order valence-electron chi connectivity index (χ3n) is 2.76. The fourth-order valence-electron chi connectivity index (χ4n) is 1.68. The molecule has 0 saturated heterocycles. The van der Waals surface area contributed by atoms with Gasteiger partial charge in [-0.3, -0.25) is 0 Å². The van der Waals surface area contributed by atoms with Crippen LogP contribution in [0.15, 0.2) is 48.5 Å². The van der Waals surface area contributed by atoms with Crippen molar-refractivity contribution >= 4 is 11.6 Å². The molecular formula is C15H12ClF3O. The molecule has 0 amide bonds. The van der Waals surface area contributed by atoms with Crippen molar-refractivity contribution in [1.29, 1.82) is 0 Å². The Morgan fingerprint density at radius 2 is 1.75 bits per heavy atom. The predicted octanol–water partition coefficient (Wildman–Crippen LogP) is 4.74. The van der Waals surface area contributed by atoms with Gasteiger partial charge >= 0.3 is 5.92 Å². The quantitative estimate of drug-likeness (QED) is 0.725. The number of halogens is 4. The minimum Gasteiger partial charge on any atom is -0.484 e. The Balaban J connectivity index is 2.08. The van der Waals surface area contributed by atoms with Crippen molar-refractivity contribution in [3.8, 4) is 5.75 Å². The lowest BCUT2D eigenvalue weighted by atomic mass is 10.1. The van der Waals surface area contributed by atoms with Gasteiger partial charge in [-0.1, -0.05) is 36.4 Å². The Morgan fingerprint density at radius 1 is 1.05 bits per heavy atom. The van der Waals surface area contributed by atoms with E-state index in [1.165, 1.54) is 42.5 Å². The van der Waals surface area contributed by atoms with Gasteiger partial charge in [0.05, 0.1) is 0 Å². The summed E-state index contributed by atoms with van der Waals surface area (Å²) < 4.78 is 46.2. The van der Waals surface area contributed by atoms with Gasteiger partial charge in [-0.05, 0) is 17.7 Å². The monoisotopic (exact) mass is 300 g/mol. The van der Waals surface area contributed by atoms with Crippen LogP contribution in [-0.2, 0) is 11.8 Å². The fraction of sp³-hybridized carbons (Fsp3) is 0.200. The summed E-state index contributed by atoms with van der Waals surface area (Å²) in [5.41, 5.74) is 0.393. The zero-order valence-corrected chi connectivity index (χ0v) is 11.2. The molecule has 0 saturated carbocycles. The van der Waals surface area contributed by atoms with Crippen molar-refractivity contribution in [2.75, 3.05) is 6.61 Å². The maximum atomic E-state index is 13.9. The average molecular weight is 301 g/mol. The van der Waals surface area contributed by atoms with Crippen LogP contribution in [0.1, 0.15) is 11.1 Å². The normalized spacial score (nSPS) is 11.4. The lowest BCUT2D eigenvalue weighted by Crippen LogP contribution is -2.23. The van der Waals surface area contributed by atoms with Gasteiger partial charge in [0.1, 0.15) is 0 Å². The number of ether oxygens (including phenoxy) is 1. The molecule has 0 aromatic heterocycles. The molecule has 0 heterocycles. The number of hydrogen-bond donors (Lipinski definition) is 0. The first-order chi connectivity index (χ1) is 9.53. The molecule has 0 aliphatic carbocycles. The highest BCUT2D eigenvalue weighted by Gasteiger charge is 2.32. The Hall–Kier alpha value is -1.68. The van der Waals surface area contributed by atoms with Gasteiger partial charge in [0, 0.05) is 11.4 Å². The Morgan fingerprint density at radius 3 is 2.35 bits per heavy atom. The van der Waals surface area contributed by atoms with Crippen molar-refractivity contribution in [3.05, 3.63) is 65.5 Å². The van der Waals surface area contributed by atoms with Crippen molar-refractivity contribution in [3.63, 3.8) is 0 Å². The third-order valence-corrected chi connectivity index (χ3v) is 3.06. The molecular weight excluding hydrogens is 289 g/mol. The molecule has 20 heavy (non-hydrogen) atoms. The molecule has 0 bridgehead atoms. The van der Waals surface area contributed by atoms with E-state index in [1.54, 1.807) is 6.07 Å². The maximum absolute atomic E-state index is 13.9. The second kappa shape index (κ2) is 6.18. The second-order valence-electron chi connectivity index (χ2n) is 4.26. The molecule has 0 radical (unpaired) electrons. The van der Waals surface area contributed by atoms with E-state index >= 15 is 0 Å². The molecule has 0 aliphatic rings. The zero-order chi connectivity index (χ0) is 14.6. The van der Waals surface area contributed by atoms with Gasteiger partial charge < -0.3 is 4.74 Å². The summed E-state index contributed by atoms with van der Waals surface area (Å²) in [5, 5.41) is 0. The van der Waals surface area contributed by atoms with Crippen LogP contribution in [0.3, 0.4) is 0 Å². The molecule has 2 rings (SSSR count). The fourth-order valence-corrected chi connectivity index (χ4v) is 1.84. The summed E-state index contributed by atoms with van der Waals surface area (Å²) >= 11 is 5.55. The van der Waals surface area contributed by atoms with E-state index in [9.17, 15) is 13.2 Å². The van der Waals surface area contributed by atoms with E-state index in [0.717, 1.165) is 0 Å². The van der Waals surface area contributed by atoms with Crippen LogP contribution >= 0.6 is 11.6 Å². The summed E-state index contributed by atoms with van der Waals surface area (Å²) in [5.74, 6) is -3.95. The molecule has 0 unspecified atom stereocenters. The van der Waals surface area contributed by atoms with Crippen LogP contribution in [0, 0.1) is 5.82 Å². The minimum atomic E-state index is -3.18. The first kappa shape index (κ1) is 14.7. The Kier molecular flexibility index (Phi) is 4.55. The number of benzene rings is 2. The highest BCUT2D eigenvalue weighted by atomic mass is 35.5. The van der Waals surface area contributed by atoms with Crippen molar-refractivity contribution < 1.29 is 17.9 Å². The van der Waals surface area contributed by atoms with Crippen molar-refractivity contribution in [1.82, 2.24) is 0 Å². The molecule has 0 N–H and O–H groups in total. The van der Waals surface area contributed by atoms with E-state index in [1.807, 2.05) is 0 Å². The summed E-state index contributed by atoms with van der Waals surface area (Å²) in [4.78, 5) is 0. The van der Waals surface area contributed by atoms with E-state index in [0.29, 0.717) is 5.56 Å². The largest absolute Gasteiger partial charge is 0.484 e. The van der Waals surface area contributed by atoms with Crippen LogP contribution in [-0.4, -0.2) is 6.61 Å². The van der Waals surface area contributed by atoms with Gasteiger partial charge in [-0.2, -0.15) is 8.78 Å². The second-order valence-corrected chi connectivity index (χ2v) is 4.52. The molecule has 0 atom stereocenters. The van der Waals surface area contributed by atoms with Gasteiger partial charge in [-0.15, -0.1) is 11.6 Å². The molecule has 106 valence electrons. The topological polar surface area (TPSA) is 9.23 Å². The summed E-state index contributed by atoms with van der Waals surface area (Å²) in [7, 11) is 0. The molecule has 2 aromatic carbocycles. The van der Waals surface area contributed by atoms with Gasteiger partial charge in [0.2, 0.25) is 0 Å². The average Bonchev–Trinajstić information content (AvgIpc) is 2.47. The van der Waals surface area contributed by atoms with E-state index in [-0.39, 0.29) is 17.2 Å². The smallest absolute Gasteiger partial charge is 0.306 e. The van der Waals surface area contributed by atoms with E-state index < -0.39 is 18.3 Å². The first-order valence-corrected chi connectivity index (χ1v) is 6.47. The van der Waals surface area contributed by atoms with Gasteiger partial charge in [0.15, 0.2) is 18.2 Å². The molecule has 2 aromatic rings. The zero-order valence-electron chi connectivity index (χ0n) is 10.5. The van der Waals surface area contributed by atoms with E-state index in [2.05, 4.69) is 0 Å². The van der Waals surface area contributed by atoms with Gasteiger partial charge in [0.25, 0.3) is 0 Å². The van der Waals surface area contributed by atoms with Crippen LogP contribution in [0.25, 0.3) is 0 Å². The minimum absolute atomic E-state index is 0.150. The van der Waals surface area contributed by atoms with Crippen LogP contribution in [0.4, 0.5) is 13.2 Å². The van der Waals surface area contributed by atoms with Crippen molar-refractivity contribution in [2.45, 2.75) is 11.8 Å². The summed E-state index contributed by atoms with van der Waals surface area (Å²) in [6, 6.07) is 11.3. The Labute approximate surface area is 119 Å². The number of hydrogen-bond acceptors (Lipinski definition) is 1. The van der Waals surface area contributed by atoms with E-state index in [4.69, 9.17) is 16.3 Å². The van der Waals surface area contributed by atoms with Crippen molar-refractivity contribution in [2.24, 2.45) is 0 Å². The maximum Gasteiger partial charge on any atom is 0.306 e. The lowest BCUT2D eigenvalue weighted by Gasteiger charge is -2.17. The lowest BCUT2D eigenvalue weighted by molar-refractivity contribution is -0.0475. The van der Waals surface area contributed by atoms with Crippen LogP contribution < -0.4 is 4.74 Å². The van der Waals surface area contributed by atoms with Crippen LogP contribution in [0.2, 0.25) is 0 Å². The number of alkyl halides is 3. The Bertz CT molecular complexity index is 573. The summed E-state index contributed by atoms with van der Waals surface area (Å²) in [6.07, 6.45) is 0. The standard InChI is InChI=1S/C15H12ClF3O/c16-9-11-6-7-14(13(17)8-11)20-10-15(18,19)12-4-2-1-3-5-12/h1-8H,9-10H2. The number of rotatable bonds is 5. The van der Waals surface area contributed by atoms with Gasteiger partial charge in [-0.25, -0.2) is 4.39 Å².